The molecule has 0 bridgehead atoms. The van der Waals surface area contributed by atoms with Crippen molar-refractivity contribution in [3.8, 4) is 0 Å². The molecule has 0 rings (SSSR count). The Kier molecular flexibility index (Phi) is 14.7. The molecule has 4 unspecified atom stereocenters. The first kappa shape index (κ1) is 31.3. The van der Waals surface area contributed by atoms with Gasteiger partial charge in [0.05, 0.1) is 6.04 Å². The number of carboxylic acids is 2. The number of carboxylic acid groups (broad SMARTS) is 2. The number of rotatable bonds is 17. The third-order valence-corrected chi connectivity index (χ3v) is 5.15. The molecule has 0 aromatic rings. The Bertz CT molecular complexity index is 699. The van der Waals surface area contributed by atoms with E-state index in [0.717, 1.165) is 0 Å². The average Bonchev–Trinajstić information content (AvgIpc) is 2.72. The number of aliphatic carboxylic acids is 2. The van der Waals surface area contributed by atoms with Crippen LogP contribution in [0, 0.1) is 11.8 Å². The van der Waals surface area contributed by atoms with Crippen molar-refractivity contribution in [2.75, 3.05) is 6.54 Å². The standard InChI is InChI=1S/C22H41N5O7/c1-12(2)11-14(24)19(30)25-15(7-5-6-10-23)20(31)27-18(13(3)4)21(32)26-16(22(33)34)8-9-17(28)29/h12-16,18H,5-11,23-24H2,1-4H3,(H,25,30)(H,26,32)(H,27,31)(H,28,29)(H,33,34). The molecule has 0 heterocycles. The van der Waals surface area contributed by atoms with Crippen LogP contribution in [0.2, 0.25) is 0 Å². The number of carbonyl (C=O) groups is 5. The zero-order valence-electron chi connectivity index (χ0n) is 20.5. The quantitative estimate of drug-likeness (QED) is 0.132. The van der Waals surface area contributed by atoms with Crippen LogP contribution < -0.4 is 27.4 Å². The average molecular weight is 488 g/mol. The van der Waals surface area contributed by atoms with Crippen molar-refractivity contribution in [2.24, 2.45) is 23.3 Å². The molecule has 0 aromatic heterocycles. The van der Waals surface area contributed by atoms with Crippen LogP contribution in [0.1, 0.15) is 66.2 Å². The van der Waals surface area contributed by atoms with Gasteiger partial charge in [0.2, 0.25) is 17.7 Å². The Morgan fingerprint density at radius 2 is 1.38 bits per heavy atom. The second kappa shape index (κ2) is 16.0. The van der Waals surface area contributed by atoms with Gasteiger partial charge in [0.15, 0.2) is 0 Å². The van der Waals surface area contributed by atoms with Gasteiger partial charge in [-0.2, -0.15) is 0 Å². The van der Waals surface area contributed by atoms with Crippen LogP contribution >= 0.6 is 0 Å². The number of hydrogen-bond acceptors (Lipinski definition) is 7. The van der Waals surface area contributed by atoms with Crippen LogP contribution in [-0.4, -0.2) is 70.6 Å². The molecular formula is C22H41N5O7. The molecule has 0 aliphatic heterocycles. The SMILES string of the molecule is CC(C)CC(N)C(=O)NC(CCCCN)C(=O)NC(C(=O)NC(CCC(=O)O)C(=O)O)C(C)C. The number of nitrogens with two attached hydrogens (primary N) is 2. The molecule has 0 aliphatic rings. The van der Waals surface area contributed by atoms with E-state index in [-0.39, 0.29) is 18.8 Å². The molecule has 12 nitrogen and oxygen atoms in total. The molecule has 0 radical (unpaired) electrons. The first-order valence-corrected chi connectivity index (χ1v) is 11.6. The molecule has 3 amide bonds. The molecule has 0 saturated heterocycles. The Balaban J connectivity index is 5.42. The van der Waals surface area contributed by atoms with E-state index in [4.69, 9.17) is 16.6 Å². The lowest BCUT2D eigenvalue weighted by atomic mass is 10.00. The molecule has 0 spiro atoms. The van der Waals surface area contributed by atoms with E-state index in [2.05, 4.69) is 16.0 Å². The minimum absolute atomic E-state index is 0.183. The summed E-state index contributed by atoms with van der Waals surface area (Å²) in [6.45, 7) is 7.59. The molecule has 0 fully saturated rings. The van der Waals surface area contributed by atoms with E-state index in [0.29, 0.717) is 25.8 Å². The summed E-state index contributed by atoms with van der Waals surface area (Å²) in [6, 6.07) is -4.26. The molecule has 0 aromatic carbocycles. The predicted octanol–water partition coefficient (Wildman–Crippen LogP) is -0.451. The van der Waals surface area contributed by atoms with Crippen molar-refractivity contribution in [2.45, 2.75) is 90.4 Å². The zero-order valence-corrected chi connectivity index (χ0v) is 20.5. The monoisotopic (exact) mass is 487 g/mol. The van der Waals surface area contributed by atoms with Crippen LogP contribution in [0.25, 0.3) is 0 Å². The highest BCUT2D eigenvalue weighted by Crippen LogP contribution is 2.09. The Labute approximate surface area is 200 Å². The fourth-order valence-corrected chi connectivity index (χ4v) is 3.23. The molecule has 196 valence electrons. The lowest BCUT2D eigenvalue weighted by Gasteiger charge is -2.27. The first-order valence-electron chi connectivity index (χ1n) is 11.6. The van der Waals surface area contributed by atoms with Crippen molar-refractivity contribution in [3.63, 3.8) is 0 Å². The summed E-state index contributed by atoms with van der Waals surface area (Å²) in [5.41, 5.74) is 11.5. The number of carbonyl (C=O) groups excluding carboxylic acids is 3. The van der Waals surface area contributed by atoms with Gasteiger partial charge >= 0.3 is 11.9 Å². The maximum atomic E-state index is 13.0. The Hall–Kier alpha value is -2.73. The molecule has 9 N–H and O–H groups in total. The van der Waals surface area contributed by atoms with Gasteiger partial charge in [-0.15, -0.1) is 0 Å². The molecule has 34 heavy (non-hydrogen) atoms. The van der Waals surface area contributed by atoms with E-state index in [1.807, 2.05) is 13.8 Å². The van der Waals surface area contributed by atoms with Crippen molar-refractivity contribution < 1.29 is 34.2 Å². The van der Waals surface area contributed by atoms with Crippen molar-refractivity contribution in [1.29, 1.82) is 0 Å². The first-order chi connectivity index (χ1) is 15.8. The molecule has 0 aliphatic carbocycles. The summed E-state index contributed by atoms with van der Waals surface area (Å²) < 4.78 is 0. The van der Waals surface area contributed by atoms with Crippen LogP contribution in [0.15, 0.2) is 0 Å². The van der Waals surface area contributed by atoms with E-state index < -0.39 is 66.2 Å². The Morgan fingerprint density at radius 3 is 1.85 bits per heavy atom. The van der Waals surface area contributed by atoms with Crippen LogP contribution in [0.4, 0.5) is 0 Å². The van der Waals surface area contributed by atoms with E-state index in [9.17, 15) is 29.1 Å². The Morgan fingerprint density at radius 1 is 0.794 bits per heavy atom. The van der Waals surface area contributed by atoms with Gasteiger partial charge < -0.3 is 37.6 Å². The molecule has 12 heteroatoms. The van der Waals surface area contributed by atoms with Crippen LogP contribution in [0.5, 0.6) is 0 Å². The summed E-state index contributed by atoms with van der Waals surface area (Å²) >= 11 is 0. The van der Waals surface area contributed by atoms with Gasteiger partial charge in [0.25, 0.3) is 0 Å². The van der Waals surface area contributed by atoms with Crippen molar-refractivity contribution in [1.82, 2.24) is 16.0 Å². The van der Waals surface area contributed by atoms with E-state index in [1.54, 1.807) is 13.8 Å². The van der Waals surface area contributed by atoms with E-state index in [1.165, 1.54) is 0 Å². The lowest BCUT2D eigenvalue weighted by Crippen LogP contribution is -2.58. The highest BCUT2D eigenvalue weighted by atomic mass is 16.4. The maximum Gasteiger partial charge on any atom is 0.326 e. The van der Waals surface area contributed by atoms with E-state index >= 15 is 0 Å². The predicted molar refractivity (Wildman–Crippen MR) is 125 cm³/mol. The second-order valence-corrected chi connectivity index (χ2v) is 9.14. The molecule has 0 saturated carbocycles. The van der Waals surface area contributed by atoms with Gasteiger partial charge in [-0.25, -0.2) is 4.79 Å². The van der Waals surface area contributed by atoms with Gasteiger partial charge in [0.1, 0.15) is 18.1 Å². The van der Waals surface area contributed by atoms with Crippen LogP contribution in [-0.2, 0) is 24.0 Å². The van der Waals surface area contributed by atoms with Crippen molar-refractivity contribution in [3.05, 3.63) is 0 Å². The molecular weight excluding hydrogens is 446 g/mol. The zero-order chi connectivity index (χ0) is 26.4. The summed E-state index contributed by atoms with van der Waals surface area (Å²) in [7, 11) is 0. The van der Waals surface area contributed by atoms with Gasteiger partial charge in [-0.05, 0) is 50.5 Å². The van der Waals surface area contributed by atoms with Crippen molar-refractivity contribution >= 4 is 29.7 Å². The topological polar surface area (TPSA) is 214 Å². The van der Waals surface area contributed by atoms with Gasteiger partial charge in [-0.1, -0.05) is 27.7 Å². The summed E-state index contributed by atoms with van der Waals surface area (Å²) in [6.07, 6.45) is 1.17. The third kappa shape index (κ3) is 12.5. The summed E-state index contributed by atoms with van der Waals surface area (Å²) in [5, 5.41) is 25.6. The summed E-state index contributed by atoms with van der Waals surface area (Å²) in [4.78, 5) is 60.4. The second-order valence-electron chi connectivity index (χ2n) is 9.14. The fourth-order valence-electron chi connectivity index (χ4n) is 3.23. The fraction of sp³-hybridized carbons (Fsp3) is 0.773. The minimum atomic E-state index is -1.42. The normalized spacial score (nSPS) is 14.7. The highest BCUT2D eigenvalue weighted by molar-refractivity contribution is 5.94. The minimum Gasteiger partial charge on any atom is -0.481 e. The number of hydrogen-bond donors (Lipinski definition) is 7. The largest absolute Gasteiger partial charge is 0.481 e. The smallest absolute Gasteiger partial charge is 0.326 e. The molecule has 4 atom stereocenters. The van der Waals surface area contributed by atoms with Gasteiger partial charge in [0, 0.05) is 6.42 Å². The number of unbranched alkanes of at least 4 members (excludes halogenated alkanes) is 1. The third-order valence-electron chi connectivity index (χ3n) is 5.15. The summed E-state index contributed by atoms with van der Waals surface area (Å²) in [5.74, 6) is -4.65. The highest BCUT2D eigenvalue weighted by Gasteiger charge is 2.32. The number of amides is 3. The van der Waals surface area contributed by atoms with Crippen LogP contribution in [0.3, 0.4) is 0 Å². The maximum absolute atomic E-state index is 13.0. The lowest BCUT2D eigenvalue weighted by molar-refractivity contribution is -0.143. The van der Waals surface area contributed by atoms with Gasteiger partial charge in [-0.3, -0.25) is 19.2 Å². The number of nitrogens with one attached hydrogen (secondary N) is 3.